The number of benzene rings is 5. The summed E-state index contributed by atoms with van der Waals surface area (Å²) in [5.41, 5.74) is 8.38. The van der Waals surface area contributed by atoms with Gasteiger partial charge in [0.05, 0.1) is 0 Å². The Kier molecular flexibility index (Phi) is 4.21. The third kappa shape index (κ3) is 3.24. The number of rotatable bonds is 3. The van der Waals surface area contributed by atoms with Crippen LogP contribution in [0.5, 0.6) is 0 Å². The van der Waals surface area contributed by atoms with E-state index >= 15 is 0 Å². The predicted octanol–water partition coefficient (Wildman–Crippen LogP) is 8.12. The molecule has 0 saturated heterocycles. The van der Waals surface area contributed by atoms with Crippen LogP contribution in [0.3, 0.4) is 0 Å². The third-order valence-electron chi connectivity index (χ3n) is 6.76. The summed E-state index contributed by atoms with van der Waals surface area (Å²) in [7, 11) is 0. The molecule has 0 spiro atoms. The van der Waals surface area contributed by atoms with Gasteiger partial charge in [-0.2, -0.15) is 0 Å². The van der Waals surface area contributed by atoms with Crippen molar-refractivity contribution in [3.05, 3.63) is 112 Å². The van der Waals surface area contributed by atoms with Gasteiger partial charge in [-0.15, -0.1) is 0 Å². The van der Waals surface area contributed by atoms with Gasteiger partial charge in [-0.05, 0) is 93.2 Å². The first-order valence-electron chi connectivity index (χ1n) is 11.3. The van der Waals surface area contributed by atoms with Crippen LogP contribution in [-0.2, 0) is 19.3 Å². The maximum atomic E-state index is 2.43. The van der Waals surface area contributed by atoms with Crippen LogP contribution in [0.1, 0.15) is 33.4 Å². The minimum absolute atomic E-state index is 1.04. The highest BCUT2D eigenvalue weighted by Gasteiger charge is 2.11. The third-order valence-corrected chi connectivity index (χ3v) is 6.76. The van der Waals surface area contributed by atoms with Crippen molar-refractivity contribution < 1.29 is 0 Å². The van der Waals surface area contributed by atoms with Crippen molar-refractivity contribution in [3.63, 3.8) is 0 Å². The molecule has 6 rings (SSSR count). The van der Waals surface area contributed by atoms with E-state index in [0.717, 1.165) is 19.3 Å². The molecule has 150 valence electrons. The highest BCUT2D eigenvalue weighted by molar-refractivity contribution is 6.07. The minimum Gasteiger partial charge on any atom is -0.0795 e. The van der Waals surface area contributed by atoms with Crippen molar-refractivity contribution in [1.82, 2.24) is 0 Å². The molecule has 5 aromatic rings. The Balaban J connectivity index is 1.37. The number of hydrogen-bond acceptors (Lipinski definition) is 0. The van der Waals surface area contributed by atoms with E-state index in [9.17, 15) is 0 Å². The Morgan fingerprint density at radius 2 is 1.35 bits per heavy atom. The molecule has 0 amide bonds. The predicted molar refractivity (Wildman–Crippen MR) is 135 cm³/mol. The number of aryl methyl sites for hydroxylation is 4. The zero-order valence-corrected chi connectivity index (χ0v) is 18.2. The van der Waals surface area contributed by atoms with Crippen molar-refractivity contribution in [1.29, 1.82) is 0 Å². The van der Waals surface area contributed by atoms with Gasteiger partial charge in [-0.1, -0.05) is 90.5 Å². The Hall–Kier alpha value is -3.38. The van der Waals surface area contributed by atoms with Crippen molar-refractivity contribution in [3.8, 4) is 0 Å². The first-order chi connectivity index (χ1) is 15.1. The first-order valence-corrected chi connectivity index (χ1v) is 11.3. The molecule has 1 aliphatic carbocycles. The lowest BCUT2D eigenvalue weighted by molar-refractivity contribution is 0.961. The Bertz CT molecular complexity index is 1510. The van der Waals surface area contributed by atoms with Crippen molar-refractivity contribution in [2.24, 2.45) is 0 Å². The van der Waals surface area contributed by atoms with Crippen LogP contribution in [0.4, 0.5) is 0 Å². The zero-order valence-electron chi connectivity index (χ0n) is 18.2. The quantitative estimate of drug-likeness (QED) is 0.269. The standard InChI is InChI=1S/C31H26/c1-20-6-10-24-12-13-25-11-9-22(19-30(25)29(24)16-20)7-8-23-17-27-5-3-4-26-14-21(2)15-28(18-23)31(26)27/h3-4,6,9-19H,5,7-8H2,1-2H3. The molecular formula is C31H26. The van der Waals surface area contributed by atoms with E-state index in [1.807, 2.05) is 0 Å². The molecule has 0 heteroatoms. The molecule has 0 fully saturated rings. The average molecular weight is 399 g/mol. The summed E-state index contributed by atoms with van der Waals surface area (Å²) >= 11 is 0. The van der Waals surface area contributed by atoms with Gasteiger partial charge in [0.1, 0.15) is 0 Å². The molecule has 0 nitrogen and oxygen atoms in total. The van der Waals surface area contributed by atoms with Crippen LogP contribution in [0.15, 0.2) is 78.9 Å². The molecule has 1 aliphatic rings. The molecule has 0 saturated carbocycles. The molecule has 0 radical (unpaired) electrons. The molecular weight excluding hydrogens is 372 g/mol. The van der Waals surface area contributed by atoms with Gasteiger partial charge in [-0.25, -0.2) is 0 Å². The maximum Gasteiger partial charge on any atom is -0.00759 e. The molecule has 0 atom stereocenters. The monoisotopic (exact) mass is 398 g/mol. The lowest BCUT2D eigenvalue weighted by Crippen LogP contribution is -1.98. The SMILES string of the molecule is Cc1cc2c3c(cc(CCc4ccc5ccc6ccc(C)cc6c5c4)cc3c1)CC=C2. The Labute approximate surface area is 183 Å². The second-order valence-corrected chi connectivity index (χ2v) is 9.16. The normalized spacial score (nSPS) is 12.8. The number of fused-ring (bicyclic) bond motifs is 3. The molecule has 0 heterocycles. The lowest BCUT2D eigenvalue weighted by Gasteiger charge is -2.16. The van der Waals surface area contributed by atoms with E-state index in [-0.39, 0.29) is 0 Å². The van der Waals surface area contributed by atoms with E-state index in [4.69, 9.17) is 0 Å². The zero-order chi connectivity index (χ0) is 20.9. The smallest absolute Gasteiger partial charge is 0.00759 e. The van der Waals surface area contributed by atoms with Gasteiger partial charge < -0.3 is 0 Å². The second-order valence-electron chi connectivity index (χ2n) is 9.16. The van der Waals surface area contributed by atoms with Crippen molar-refractivity contribution in [2.45, 2.75) is 33.1 Å². The molecule has 31 heavy (non-hydrogen) atoms. The summed E-state index contributed by atoms with van der Waals surface area (Å²) in [4.78, 5) is 0. The summed E-state index contributed by atoms with van der Waals surface area (Å²) in [6.07, 6.45) is 7.77. The lowest BCUT2D eigenvalue weighted by atomic mass is 9.88. The fourth-order valence-corrected chi connectivity index (χ4v) is 5.27. The summed E-state index contributed by atoms with van der Waals surface area (Å²) in [5.74, 6) is 0. The topological polar surface area (TPSA) is 0 Å². The van der Waals surface area contributed by atoms with Gasteiger partial charge >= 0.3 is 0 Å². The summed E-state index contributed by atoms with van der Waals surface area (Å²) in [6.45, 7) is 4.38. The van der Waals surface area contributed by atoms with Crippen molar-refractivity contribution >= 4 is 38.4 Å². The summed E-state index contributed by atoms with van der Waals surface area (Å²) in [6, 6.07) is 27.7. The second kappa shape index (κ2) is 7.10. The van der Waals surface area contributed by atoms with Gasteiger partial charge in [0.25, 0.3) is 0 Å². The summed E-state index contributed by atoms with van der Waals surface area (Å²) < 4.78 is 0. The van der Waals surface area contributed by atoms with E-state index in [2.05, 4.69) is 98.8 Å². The van der Waals surface area contributed by atoms with Crippen LogP contribution in [0.2, 0.25) is 0 Å². The highest BCUT2D eigenvalue weighted by atomic mass is 14.2. The van der Waals surface area contributed by atoms with E-state index < -0.39 is 0 Å². The van der Waals surface area contributed by atoms with Crippen LogP contribution in [-0.4, -0.2) is 0 Å². The largest absolute Gasteiger partial charge is 0.0795 e. The number of allylic oxidation sites excluding steroid dienone is 1. The number of hydrogen-bond donors (Lipinski definition) is 0. The van der Waals surface area contributed by atoms with E-state index in [1.54, 1.807) is 0 Å². The van der Waals surface area contributed by atoms with Gasteiger partial charge in [-0.3, -0.25) is 0 Å². The Morgan fingerprint density at radius 1 is 0.613 bits per heavy atom. The first kappa shape index (κ1) is 18.4. The molecule has 5 aromatic carbocycles. The minimum atomic E-state index is 1.04. The molecule has 0 unspecified atom stereocenters. The Morgan fingerprint density at radius 3 is 2.23 bits per heavy atom. The van der Waals surface area contributed by atoms with Crippen LogP contribution in [0.25, 0.3) is 38.4 Å². The van der Waals surface area contributed by atoms with Crippen LogP contribution >= 0.6 is 0 Å². The van der Waals surface area contributed by atoms with E-state index in [1.165, 1.54) is 65.7 Å². The molecule has 0 bridgehead atoms. The van der Waals surface area contributed by atoms with E-state index in [0.29, 0.717) is 0 Å². The fraction of sp³-hybridized carbons (Fsp3) is 0.161. The fourth-order valence-electron chi connectivity index (χ4n) is 5.27. The summed E-state index contributed by atoms with van der Waals surface area (Å²) in [5, 5.41) is 8.23. The molecule has 0 aliphatic heterocycles. The van der Waals surface area contributed by atoms with Crippen LogP contribution < -0.4 is 0 Å². The van der Waals surface area contributed by atoms with Crippen LogP contribution in [0, 0.1) is 13.8 Å². The van der Waals surface area contributed by atoms with Gasteiger partial charge in [0.15, 0.2) is 0 Å². The molecule has 0 aromatic heterocycles. The van der Waals surface area contributed by atoms with Crippen molar-refractivity contribution in [2.75, 3.05) is 0 Å². The maximum absolute atomic E-state index is 2.43. The average Bonchev–Trinajstić information content (AvgIpc) is 2.77. The van der Waals surface area contributed by atoms with Gasteiger partial charge in [0, 0.05) is 0 Å². The highest BCUT2D eigenvalue weighted by Crippen LogP contribution is 2.32. The van der Waals surface area contributed by atoms with Gasteiger partial charge in [0.2, 0.25) is 0 Å². The molecule has 0 N–H and O–H groups in total.